The van der Waals surface area contributed by atoms with E-state index in [2.05, 4.69) is 22.4 Å². The number of nitrogens with zero attached hydrogens (tertiary/aromatic N) is 1. The molecule has 0 bridgehead atoms. The molecule has 0 spiro atoms. The molecule has 1 aliphatic carbocycles. The topological polar surface area (TPSA) is 71.1 Å². The molecule has 0 unspecified atom stereocenters. The minimum absolute atomic E-state index is 0.0805. The number of aromatic nitrogens is 1. The molecule has 0 radical (unpaired) electrons. The third kappa shape index (κ3) is 3.76. The molecular weight excluding hydrogens is 266 g/mol. The van der Waals surface area contributed by atoms with E-state index in [9.17, 15) is 9.59 Å². The summed E-state index contributed by atoms with van der Waals surface area (Å²) < 4.78 is 0. The maximum absolute atomic E-state index is 12.1. The number of carbonyl (C=O) groups excluding carboxylic acids is 2. The van der Waals surface area contributed by atoms with Crippen LogP contribution in [-0.2, 0) is 4.79 Å². The Balaban J connectivity index is 1.95. The zero-order valence-corrected chi connectivity index (χ0v) is 11.4. The van der Waals surface area contributed by atoms with Crippen LogP contribution in [0.2, 0.25) is 0 Å². The van der Waals surface area contributed by atoms with Crippen molar-refractivity contribution in [3.05, 3.63) is 78.3 Å². The quantitative estimate of drug-likeness (QED) is 0.491. The van der Waals surface area contributed by atoms with Gasteiger partial charge in [-0.15, -0.1) is 6.58 Å². The Labute approximate surface area is 122 Å². The third-order valence-electron chi connectivity index (χ3n) is 2.85. The Hall–Kier alpha value is -2.95. The monoisotopic (exact) mass is 281 g/mol. The standard InChI is InChI=1S/C16H15N3O2/c1-2-4-12-5-3-6-14(15(12)20)11-18-19-16(21)13-7-9-17-10-8-13/h2-3,5-11,18H,1,4H2,(H,19,21). The Morgan fingerprint density at radius 3 is 2.81 bits per heavy atom. The average molecular weight is 281 g/mol. The summed E-state index contributed by atoms with van der Waals surface area (Å²) >= 11 is 0. The number of ketones is 1. The van der Waals surface area contributed by atoms with E-state index in [4.69, 9.17) is 0 Å². The van der Waals surface area contributed by atoms with Gasteiger partial charge in [0.15, 0.2) is 5.78 Å². The molecule has 1 aromatic rings. The van der Waals surface area contributed by atoms with Gasteiger partial charge < -0.3 is 5.43 Å². The zero-order chi connectivity index (χ0) is 15.1. The zero-order valence-electron chi connectivity index (χ0n) is 11.4. The molecule has 5 nitrogen and oxygen atoms in total. The summed E-state index contributed by atoms with van der Waals surface area (Å²) in [5.41, 5.74) is 6.76. The maximum Gasteiger partial charge on any atom is 0.269 e. The van der Waals surface area contributed by atoms with E-state index in [1.54, 1.807) is 36.4 Å². The normalized spacial score (nSPS) is 15.5. The van der Waals surface area contributed by atoms with Crippen LogP contribution < -0.4 is 10.9 Å². The maximum atomic E-state index is 12.1. The lowest BCUT2D eigenvalue weighted by molar-refractivity contribution is -0.112. The second kappa shape index (κ2) is 7.00. The van der Waals surface area contributed by atoms with Gasteiger partial charge in [0.05, 0.1) is 0 Å². The van der Waals surface area contributed by atoms with Crippen LogP contribution in [0.4, 0.5) is 0 Å². The van der Waals surface area contributed by atoms with Crippen molar-refractivity contribution in [2.75, 3.05) is 0 Å². The number of allylic oxidation sites excluding steroid dienone is 6. The number of rotatable bonds is 5. The predicted molar refractivity (Wildman–Crippen MR) is 80.0 cm³/mol. The van der Waals surface area contributed by atoms with Crippen molar-refractivity contribution in [3.63, 3.8) is 0 Å². The molecule has 1 aliphatic rings. The molecule has 21 heavy (non-hydrogen) atoms. The largest absolute Gasteiger partial charge is 0.305 e. The molecule has 2 rings (SSSR count). The first-order valence-corrected chi connectivity index (χ1v) is 6.41. The number of hydrazine groups is 1. The molecule has 0 saturated heterocycles. The molecule has 0 aromatic carbocycles. The van der Waals surface area contributed by atoms with Gasteiger partial charge in [0.2, 0.25) is 0 Å². The second-order valence-electron chi connectivity index (χ2n) is 4.31. The van der Waals surface area contributed by atoms with Crippen LogP contribution in [0.5, 0.6) is 0 Å². The minimum Gasteiger partial charge on any atom is -0.305 e. The van der Waals surface area contributed by atoms with Gasteiger partial charge in [0.25, 0.3) is 5.91 Å². The van der Waals surface area contributed by atoms with Crippen LogP contribution in [0.1, 0.15) is 16.8 Å². The summed E-state index contributed by atoms with van der Waals surface area (Å²) in [5.74, 6) is -0.383. The lowest BCUT2D eigenvalue weighted by atomic mass is 9.97. The van der Waals surface area contributed by atoms with E-state index in [1.807, 2.05) is 0 Å². The molecule has 106 valence electrons. The summed E-state index contributed by atoms with van der Waals surface area (Å²) in [6.07, 6.45) is 12.0. The number of pyridine rings is 1. The highest BCUT2D eigenvalue weighted by molar-refractivity contribution is 6.11. The molecule has 0 aliphatic heterocycles. The lowest BCUT2D eigenvalue weighted by Gasteiger charge is -2.10. The first kappa shape index (κ1) is 14.5. The highest BCUT2D eigenvalue weighted by Crippen LogP contribution is 2.16. The van der Waals surface area contributed by atoms with Gasteiger partial charge in [-0.1, -0.05) is 18.2 Å². The Morgan fingerprint density at radius 2 is 2.10 bits per heavy atom. The first-order chi connectivity index (χ1) is 10.2. The van der Waals surface area contributed by atoms with E-state index in [1.165, 1.54) is 18.6 Å². The summed E-state index contributed by atoms with van der Waals surface area (Å²) in [4.78, 5) is 27.7. The van der Waals surface area contributed by atoms with Crippen LogP contribution in [0, 0.1) is 0 Å². The van der Waals surface area contributed by atoms with Gasteiger partial charge in [-0.05, 0) is 24.6 Å². The molecule has 0 saturated carbocycles. The van der Waals surface area contributed by atoms with Crippen molar-refractivity contribution >= 4 is 11.7 Å². The van der Waals surface area contributed by atoms with Crippen molar-refractivity contribution in [3.8, 4) is 0 Å². The molecule has 0 atom stereocenters. The van der Waals surface area contributed by atoms with E-state index in [0.29, 0.717) is 23.1 Å². The Bertz CT molecular complexity index is 643. The first-order valence-electron chi connectivity index (χ1n) is 6.41. The van der Waals surface area contributed by atoms with Crippen LogP contribution in [0.15, 0.2) is 72.8 Å². The molecule has 1 amide bonds. The van der Waals surface area contributed by atoms with E-state index < -0.39 is 0 Å². The second-order valence-corrected chi connectivity index (χ2v) is 4.31. The fourth-order valence-corrected chi connectivity index (χ4v) is 1.79. The van der Waals surface area contributed by atoms with E-state index >= 15 is 0 Å². The molecule has 5 heteroatoms. The van der Waals surface area contributed by atoms with Crippen molar-refractivity contribution in [2.45, 2.75) is 6.42 Å². The Kier molecular flexibility index (Phi) is 4.82. The predicted octanol–water partition coefficient (Wildman–Crippen LogP) is 1.84. The van der Waals surface area contributed by atoms with Crippen LogP contribution in [0.3, 0.4) is 0 Å². The third-order valence-corrected chi connectivity index (χ3v) is 2.85. The fraction of sp³-hybridized carbons (Fsp3) is 0.0625. The molecule has 0 fully saturated rings. The van der Waals surface area contributed by atoms with Crippen molar-refractivity contribution < 1.29 is 9.59 Å². The number of nitrogens with one attached hydrogen (secondary N) is 2. The summed E-state index contributed by atoms with van der Waals surface area (Å²) in [6.45, 7) is 3.62. The molecule has 1 aromatic heterocycles. The minimum atomic E-state index is -0.302. The highest BCUT2D eigenvalue weighted by atomic mass is 16.2. The molecule has 2 N–H and O–H groups in total. The van der Waals surface area contributed by atoms with Crippen molar-refractivity contribution in [1.29, 1.82) is 0 Å². The van der Waals surface area contributed by atoms with Gasteiger partial charge in [-0.2, -0.15) is 0 Å². The highest BCUT2D eigenvalue weighted by Gasteiger charge is 2.14. The molecular formula is C16H15N3O2. The van der Waals surface area contributed by atoms with Gasteiger partial charge in [-0.3, -0.25) is 20.0 Å². The number of carbonyl (C=O) groups is 2. The number of Topliss-reactive ketones (excluding diaryl/α,β-unsaturated/α-hetero) is 1. The molecule has 1 heterocycles. The fourth-order valence-electron chi connectivity index (χ4n) is 1.79. The summed E-state index contributed by atoms with van der Waals surface area (Å²) in [7, 11) is 0. The lowest BCUT2D eigenvalue weighted by Crippen LogP contribution is -2.34. The van der Waals surface area contributed by atoms with Crippen LogP contribution >= 0.6 is 0 Å². The average Bonchev–Trinajstić information content (AvgIpc) is 2.52. The van der Waals surface area contributed by atoms with Crippen LogP contribution in [-0.4, -0.2) is 16.7 Å². The number of hydrogen-bond acceptors (Lipinski definition) is 4. The SMILES string of the molecule is C=CCC1=CC=CC(=CNNC(=O)c2ccncc2)C1=O. The van der Waals surface area contributed by atoms with E-state index in [-0.39, 0.29) is 11.7 Å². The Morgan fingerprint density at radius 1 is 1.33 bits per heavy atom. The van der Waals surface area contributed by atoms with E-state index in [0.717, 1.165) is 0 Å². The van der Waals surface area contributed by atoms with Gasteiger partial charge in [0.1, 0.15) is 0 Å². The van der Waals surface area contributed by atoms with Gasteiger partial charge in [0, 0.05) is 35.3 Å². The summed E-state index contributed by atoms with van der Waals surface area (Å²) in [6, 6.07) is 3.20. The smallest absolute Gasteiger partial charge is 0.269 e. The van der Waals surface area contributed by atoms with Gasteiger partial charge in [-0.25, -0.2) is 0 Å². The number of amides is 1. The van der Waals surface area contributed by atoms with Gasteiger partial charge >= 0.3 is 0 Å². The van der Waals surface area contributed by atoms with Crippen molar-refractivity contribution in [2.24, 2.45) is 0 Å². The van der Waals surface area contributed by atoms with Crippen LogP contribution in [0.25, 0.3) is 0 Å². The number of hydrogen-bond donors (Lipinski definition) is 2. The van der Waals surface area contributed by atoms with Crippen molar-refractivity contribution in [1.82, 2.24) is 15.8 Å². The summed E-state index contributed by atoms with van der Waals surface area (Å²) in [5, 5.41) is 0.